The van der Waals surface area contributed by atoms with Crippen LogP contribution >= 0.6 is 11.8 Å². The normalized spacial score (nSPS) is 19.3. The Balaban J connectivity index is 1.97. The van der Waals surface area contributed by atoms with Crippen molar-refractivity contribution in [1.29, 1.82) is 0 Å². The monoisotopic (exact) mass is 213 g/mol. The number of nitrogens with zero attached hydrogens (tertiary/aromatic N) is 2. The highest BCUT2D eigenvalue weighted by atomic mass is 32.2. The molecule has 4 nitrogen and oxygen atoms in total. The summed E-state index contributed by atoms with van der Waals surface area (Å²) < 4.78 is 6.95. The summed E-state index contributed by atoms with van der Waals surface area (Å²) in [5.74, 6) is 0. The van der Waals surface area contributed by atoms with Crippen molar-refractivity contribution >= 4 is 11.8 Å². The molecule has 1 aliphatic rings. The Morgan fingerprint density at radius 1 is 1.79 bits per heavy atom. The Morgan fingerprint density at radius 3 is 3.00 bits per heavy atom. The summed E-state index contributed by atoms with van der Waals surface area (Å²) in [6.07, 6.45) is 3.92. The SMILES string of the molecule is Cn1cc(C(CN)SC2COC2)cn1. The molecule has 1 aromatic heterocycles. The van der Waals surface area contributed by atoms with Crippen molar-refractivity contribution in [3.8, 4) is 0 Å². The summed E-state index contributed by atoms with van der Waals surface area (Å²) in [7, 11) is 1.92. The third-order valence-corrected chi connectivity index (χ3v) is 3.73. The minimum Gasteiger partial charge on any atom is -0.379 e. The second-order valence-corrected chi connectivity index (χ2v) is 4.98. The lowest BCUT2D eigenvalue weighted by atomic mass is 10.2. The molecule has 2 N–H and O–H groups in total. The lowest BCUT2D eigenvalue weighted by Gasteiger charge is -2.28. The van der Waals surface area contributed by atoms with Gasteiger partial charge >= 0.3 is 0 Å². The summed E-state index contributed by atoms with van der Waals surface area (Å²) in [5.41, 5.74) is 6.96. The summed E-state index contributed by atoms with van der Waals surface area (Å²) in [6, 6.07) is 0. The molecule has 0 spiro atoms. The van der Waals surface area contributed by atoms with Crippen molar-refractivity contribution in [1.82, 2.24) is 9.78 Å². The van der Waals surface area contributed by atoms with E-state index in [1.54, 1.807) is 0 Å². The van der Waals surface area contributed by atoms with Crippen LogP contribution in [0.2, 0.25) is 0 Å². The Kier molecular flexibility index (Phi) is 3.10. The highest BCUT2D eigenvalue weighted by Crippen LogP contribution is 2.33. The van der Waals surface area contributed by atoms with Crippen LogP contribution in [0.4, 0.5) is 0 Å². The number of ether oxygens (including phenoxy) is 1. The molecule has 0 radical (unpaired) electrons. The molecule has 0 amide bonds. The third-order valence-electron chi connectivity index (χ3n) is 2.27. The third kappa shape index (κ3) is 2.10. The molecule has 1 aliphatic heterocycles. The molecule has 1 fully saturated rings. The number of hydrogen-bond donors (Lipinski definition) is 1. The van der Waals surface area contributed by atoms with Crippen molar-refractivity contribution in [3.05, 3.63) is 18.0 Å². The van der Waals surface area contributed by atoms with Gasteiger partial charge in [-0.1, -0.05) is 0 Å². The molecule has 14 heavy (non-hydrogen) atoms. The first-order valence-corrected chi connectivity index (χ1v) is 5.65. The molecular weight excluding hydrogens is 198 g/mol. The molecule has 0 saturated carbocycles. The first-order chi connectivity index (χ1) is 6.79. The fourth-order valence-corrected chi connectivity index (χ4v) is 2.61. The maximum atomic E-state index is 5.74. The molecule has 0 aliphatic carbocycles. The second kappa shape index (κ2) is 4.33. The van der Waals surface area contributed by atoms with E-state index in [9.17, 15) is 0 Å². The lowest BCUT2D eigenvalue weighted by Crippen LogP contribution is -2.32. The smallest absolute Gasteiger partial charge is 0.0608 e. The minimum absolute atomic E-state index is 0.359. The fourth-order valence-electron chi connectivity index (χ4n) is 1.40. The van der Waals surface area contributed by atoms with Crippen LogP contribution in [0.15, 0.2) is 12.4 Å². The maximum absolute atomic E-state index is 5.74. The van der Waals surface area contributed by atoms with Crippen molar-refractivity contribution in [2.75, 3.05) is 19.8 Å². The van der Waals surface area contributed by atoms with Crippen LogP contribution in [0.5, 0.6) is 0 Å². The Hall–Kier alpha value is -0.520. The summed E-state index contributed by atoms with van der Waals surface area (Å²) in [6.45, 7) is 2.38. The number of aromatic nitrogens is 2. The number of thioether (sulfide) groups is 1. The average molecular weight is 213 g/mol. The molecular formula is C9H15N3OS. The van der Waals surface area contributed by atoms with E-state index in [2.05, 4.69) is 5.10 Å². The van der Waals surface area contributed by atoms with Gasteiger partial charge in [-0.3, -0.25) is 4.68 Å². The molecule has 2 heterocycles. The molecule has 1 aromatic rings. The minimum atomic E-state index is 0.359. The fraction of sp³-hybridized carbons (Fsp3) is 0.667. The van der Waals surface area contributed by atoms with Gasteiger partial charge in [0.1, 0.15) is 0 Å². The second-order valence-electron chi connectivity index (χ2n) is 3.47. The van der Waals surface area contributed by atoms with Crippen molar-refractivity contribution in [2.45, 2.75) is 10.5 Å². The van der Waals surface area contributed by atoms with Crippen molar-refractivity contribution in [2.24, 2.45) is 12.8 Å². The van der Waals surface area contributed by atoms with Gasteiger partial charge in [0.2, 0.25) is 0 Å². The quantitative estimate of drug-likeness (QED) is 0.793. The van der Waals surface area contributed by atoms with Crippen LogP contribution in [0.3, 0.4) is 0 Å². The Labute approximate surface area is 87.8 Å². The van der Waals surface area contributed by atoms with Gasteiger partial charge in [0.25, 0.3) is 0 Å². The van der Waals surface area contributed by atoms with Gasteiger partial charge in [-0.15, -0.1) is 11.8 Å². The Morgan fingerprint density at radius 2 is 2.57 bits per heavy atom. The molecule has 1 unspecified atom stereocenters. The van der Waals surface area contributed by atoms with E-state index in [4.69, 9.17) is 10.5 Å². The number of nitrogens with two attached hydrogens (primary N) is 1. The van der Waals surface area contributed by atoms with E-state index in [1.165, 1.54) is 5.56 Å². The number of rotatable bonds is 4. The van der Waals surface area contributed by atoms with Gasteiger partial charge in [0.05, 0.1) is 24.7 Å². The van der Waals surface area contributed by atoms with Crippen molar-refractivity contribution in [3.63, 3.8) is 0 Å². The van der Waals surface area contributed by atoms with E-state index in [1.807, 2.05) is 35.9 Å². The molecule has 0 bridgehead atoms. The van der Waals surface area contributed by atoms with Gasteiger partial charge < -0.3 is 10.5 Å². The maximum Gasteiger partial charge on any atom is 0.0608 e. The van der Waals surface area contributed by atoms with E-state index in [-0.39, 0.29) is 0 Å². The van der Waals surface area contributed by atoms with Gasteiger partial charge in [-0.25, -0.2) is 0 Å². The van der Waals surface area contributed by atoms with E-state index >= 15 is 0 Å². The van der Waals surface area contributed by atoms with E-state index < -0.39 is 0 Å². The van der Waals surface area contributed by atoms with Gasteiger partial charge in [-0.05, 0) is 0 Å². The predicted octanol–water partition coefficient (Wildman–Crippen LogP) is 0.552. The van der Waals surface area contributed by atoms with Crippen molar-refractivity contribution < 1.29 is 4.74 Å². The lowest BCUT2D eigenvalue weighted by molar-refractivity contribution is 0.0453. The average Bonchev–Trinajstić information content (AvgIpc) is 2.50. The van der Waals surface area contributed by atoms with Crippen LogP contribution in [-0.2, 0) is 11.8 Å². The topological polar surface area (TPSA) is 53.1 Å². The van der Waals surface area contributed by atoms with Crippen LogP contribution in [0, 0.1) is 0 Å². The number of aryl methyl sites for hydroxylation is 1. The standard InChI is InChI=1S/C9H15N3OS/c1-12-4-7(3-11-12)9(2-10)14-8-5-13-6-8/h3-4,8-9H,2,5-6,10H2,1H3. The zero-order chi connectivity index (χ0) is 9.97. The Bertz CT molecular complexity index is 298. The first kappa shape index (κ1) is 10.0. The van der Waals surface area contributed by atoms with E-state index in [0.29, 0.717) is 17.0 Å². The summed E-state index contributed by atoms with van der Waals surface area (Å²) in [4.78, 5) is 0. The summed E-state index contributed by atoms with van der Waals surface area (Å²) >= 11 is 1.89. The highest BCUT2D eigenvalue weighted by molar-refractivity contribution is 8.00. The molecule has 1 atom stereocenters. The van der Waals surface area contributed by atoms with Crippen LogP contribution in [-0.4, -0.2) is 34.8 Å². The molecule has 0 aromatic carbocycles. The van der Waals surface area contributed by atoms with Gasteiger partial charge in [0, 0.05) is 30.6 Å². The summed E-state index contributed by atoms with van der Waals surface area (Å²) in [5, 5.41) is 5.13. The first-order valence-electron chi connectivity index (χ1n) is 4.71. The highest BCUT2D eigenvalue weighted by Gasteiger charge is 2.24. The van der Waals surface area contributed by atoms with E-state index in [0.717, 1.165) is 13.2 Å². The van der Waals surface area contributed by atoms with Gasteiger partial charge in [0.15, 0.2) is 0 Å². The molecule has 2 rings (SSSR count). The van der Waals surface area contributed by atoms with Gasteiger partial charge in [-0.2, -0.15) is 5.10 Å². The van der Waals surface area contributed by atoms with Crippen LogP contribution < -0.4 is 5.73 Å². The predicted molar refractivity (Wildman–Crippen MR) is 57.2 cm³/mol. The molecule has 1 saturated heterocycles. The van der Waals surface area contributed by atoms with Crippen LogP contribution in [0.25, 0.3) is 0 Å². The number of hydrogen-bond acceptors (Lipinski definition) is 4. The zero-order valence-corrected chi connectivity index (χ0v) is 9.04. The molecule has 78 valence electrons. The zero-order valence-electron chi connectivity index (χ0n) is 8.22. The molecule has 5 heteroatoms. The largest absolute Gasteiger partial charge is 0.379 e. The van der Waals surface area contributed by atoms with Crippen LogP contribution in [0.1, 0.15) is 10.8 Å².